The number of ether oxygens (including phenoxy) is 2. The monoisotopic (exact) mass is 650 g/mol. The molecule has 9 nitrogen and oxygen atoms in total. The van der Waals surface area contributed by atoms with Crippen molar-refractivity contribution in [3.8, 4) is 5.69 Å². The van der Waals surface area contributed by atoms with Gasteiger partial charge in [0.25, 0.3) is 5.56 Å². The summed E-state index contributed by atoms with van der Waals surface area (Å²) in [6.07, 6.45) is 7.69. The Kier molecular flexibility index (Phi) is 9.15. The minimum Gasteiger partial charge on any atom is -0.381 e. The highest BCUT2D eigenvalue weighted by Crippen LogP contribution is 2.49. The van der Waals surface area contributed by atoms with Crippen molar-refractivity contribution in [3.63, 3.8) is 0 Å². The van der Waals surface area contributed by atoms with Crippen molar-refractivity contribution in [1.82, 2.24) is 28.8 Å². The van der Waals surface area contributed by atoms with Crippen molar-refractivity contribution in [2.24, 2.45) is 13.0 Å². The first-order chi connectivity index (χ1) is 21.5. The summed E-state index contributed by atoms with van der Waals surface area (Å²) in [6.45, 7) is 13.3. The van der Waals surface area contributed by atoms with Gasteiger partial charge >= 0.3 is 0 Å². The molecule has 3 aromatic heterocycles. The third-order valence-electron chi connectivity index (χ3n) is 9.75. The Morgan fingerprint density at radius 2 is 1.98 bits per heavy atom. The van der Waals surface area contributed by atoms with Gasteiger partial charge in [0.2, 0.25) is 0 Å². The second kappa shape index (κ2) is 12.8. The van der Waals surface area contributed by atoms with E-state index >= 15 is 0 Å². The van der Waals surface area contributed by atoms with E-state index in [2.05, 4.69) is 64.4 Å². The van der Waals surface area contributed by atoms with Crippen molar-refractivity contribution in [2.75, 3.05) is 26.8 Å². The highest BCUT2D eigenvalue weighted by molar-refractivity contribution is 6.76. The van der Waals surface area contributed by atoms with E-state index in [9.17, 15) is 4.79 Å². The van der Waals surface area contributed by atoms with E-state index in [1.807, 2.05) is 23.7 Å². The smallest absolute Gasteiger partial charge is 0.279 e. The molecule has 4 heterocycles. The predicted octanol–water partition coefficient (Wildman–Crippen LogP) is 6.21. The van der Waals surface area contributed by atoms with Crippen molar-refractivity contribution in [2.45, 2.75) is 83.1 Å². The first-order valence-corrected chi connectivity index (χ1v) is 20.3. The van der Waals surface area contributed by atoms with Crippen LogP contribution in [-0.4, -0.2) is 69.8 Å². The van der Waals surface area contributed by atoms with Gasteiger partial charge in [-0.05, 0) is 68.0 Å². The zero-order valence-electron chi connectivity index (χ0n) is 27.6. The standard InChI is InChI=1S/C34H47ClN6O3Si/c1-24-9-8-12-39(19-24)20-27-16-29-30(35)21-40(32(42)31(29)41(27)23-44-13-14-45(4,5)6)26-11-7-10-25(15-26)34(17-28(18-34)43-3)33-37-36-22-38(33)2/h7,10-11,15-16,21-22,24,28H,8-9,12-14,17-20,23H2,1-6H3/t24-,28?,34?/m0/s1. The topological polar surface area (TPSA) is 79.3 Å². The fraction of sp³-hybridized carbons (Fsp3) is 0.559. The van der Waals surface area contributed by atoms with Crippen LogP contribution in [-0.2, 0) is 35.2 Å². The molecular weight excluding hydrogens is 604 g/mol. The number of pyridine rings is 1. The number of halogens is 1. The molecule has 0 radical (unpaired) electrons. The Morgan fingerprint density at radius 1 is 1.18 bits per heavy atom. The van der Waals surface area contributed by atoms with Gasteiger partial charge in [0.05, 0.1) is 16.5 Å². The number of methoxy groups -OCH3 is 1. The van der Waals surface area contributed by atoms with Crippen molar-refractivity contribution < 1.29 is 9.47 Å². The number of benzene rings is 1. The molecule has 1 aliphatic heterocycles. The molecular formula is C34H47ClN6O3Si. The van der Waals surface area contributed by atoms with Crippen molar-refractivity contribution >= 4 is 30.6 Å². The normalized spacial score (nSPS) is 22.6. The molecule has 0 bridgehead atoms. The Balaban J connectivity index is 1.41. The number of aryl methyl sites for hydroxylation is 1. The zero-order chi connectivity index (χ0) is 31.9. The van der Waals surface area contributed by atoms with Crippen LogP contribution in [0.25, 0.3) is 16.6 Å². The van der Waals surface area contributed by atoms with Gasteiger partial charge in [-0.1, -0.05) is 50.3 Å². The van der Waals surface area contributed by atoms with Crippen LogP contribution in [0.2, 0.25) is 30.7 Å². The molecule has 242 valence electrons. The van der Waals surface area contributed by atoms with Crippen LogP contribution in [0.1, 0.15) is 49.7 Å². The van der Waals surface area contributed by atoms with Crippen LogP contribution in [0, 0.1) is 5.92 Å². The van der Waals surface area contributed by atoms with Gasteiger partial charge in [-0.25, -0.2) is 0 Å². The third kappa shape index (κ3) is 6.45. The molecule has 0 amide bonds. The van der Waals surface area contributed by atoms with Gasteiger partial charge in [0.15, 0.2) is 0 Å². The molecule has 2 aliphatic rings. The molecule has 4 aromatic rings. The molecule has 2 fully saturated rings. The molecule has 0 N–H and O–H groups in total. The third-order valence-corrected chi connectivity index (χ3v) is 11.8. The predicted molar refractivity (Wildman–Crippen MR) is 182 cm³/mol. The number of fused-ring (bicyclic) bond motifs is 1. The second-order valence-corrected chi connectivity index (χ2v) is 20.5. The minimum absolute atomic E-state index is 0.102. The van der Waals surface area contributed by atoms with Crippen LogP contribution in [0.3, 0.4) is 0 Å². The number of likely N-dealkylation sites (tertiary alicyclic amines) is 1. The zero-order valence-corrected chi connectivity index (χ0v) is 29.3. The van der Waals surface area contributed by atoms with Gasteiger partial charge < -0.3 is 18.6 Å². The number of hydrogen-bond donors (Lipinski definition) is 0. The fourth-order valence-corrected chi connectivity index (χ4v) is 8.13. The van der Waals surface area contributed by atoms with Gasteiger partial charge in [-0.15, -0.1) is 10.2 Å². The summed E-state index contributed by atoms with van der Waals surface area (Å²) in [6, 6.07) is 11.4. The number of aromatic nitrogens is 5. The molecule has 0 spiro atoms. The lowest BCUT2D eigenvalue weighted by Gasteiger charge is -2.46. The Bertz CT molecular complexity index is 1720. The Morgan fingerprint density at radius 3 is 2.67 bits per heavy atom. The van der Waals surface area contributed by atoms with E-state index in [-0.39, 0.29) is 17.1 Å². The Hall–Kier alpha value is -2.76. The van der Waals surface area contributed by atoms with E-state index in [1.165, 1.54) is 12.8 Å². The lowest BCUT2D eigenvalue weighted by atomic mass is 9.62. The summed E-state index contributed by atoms with van der Waals surface area (Å²) in [5, 5.41) is 10.00. The lowest BCUT2D eigenvalue weighted by Crippen LogP contribution is -2.48. The number of rotatable bonds is 11. The summed E-state index contributed by atoms with van der Waals surface area (Å²) in [7, 11) is 2.47. The van der Waals surface area contributed by atoms with Crippen LogP contribution >= 0.6 is 11.6 Å². The van der Waals surface area contributed by atoms with E-state index in [0.717, 1.165) is 66.7 Å². The lowest BCUT2D eigenvalue weighted by molar-refractivity contribution is -0.00696. The van der Waals surface area contributed by atoms with Crippen molar-refractivity contribution in [3.05, 3.63) is 75.3 Å². The molecule has 1 aliphatic carbocycles. The maximum Gasteiger partial charge on any atom is 0.279 e. The number of hydrogen-bond acceptors (Lipinski definition) is 6. The van der Waals surface area contributed by atoms with Crippen LogP contribution in [0.4, 0.5) is 0 Å². The second-order valence-electron chi connectivity index (χ2n) is 14.5. The quantitative estimate of drug-likeness (QED) is 0.142. The SMILES string of the molecule is COC1CC(c2cccc(-n3cc(Cl)c4cc(CN5CCC[C@H](C)C5)n(COCC[Si](C)(C)C)c4c3=O)c2)(c2nncn2C)C1. The Labute approximate surface area is 272 Å². The van der Waals surface area contributed by atoms with Crippen LogP contribution < -0.4 is 5.56 Å². The first kappa shape index (κ1) is 32.2. The van der Waals surface area contributed by atoms with E-state index in [1.54, 1.807) is 24.2 Å². The summed E-state index contributed by atoms with van der Waals surface area (Å²) in [5.41, 5.74) is 3.06. The average Bonchev–Trinajstić information content (AvgIpc) is 3.56. The summed E-state index contributed by atoms with van der Waals surface area (Å²) in [5.74, 6) is 1.56. The first-order valence-electron chi connectivity index (χ1n) is 16.2. The highest BCUT2D eigenvalue weighted by atomic mass is 35.5. The molecule has 6 rings (SSSR count). The maximum absolute atomic E-state index is 14.5. The van der Waals surface area contributed by atoms with Gasteiger partial charge in [-0.2, -0.15) is 0 Å². The van der Waals surface area contributed by atoms with Crippen LogP contribution in [0.5, 0.6) is 0 Å². The molecule has 1 saturated carbocycles. The summed E-state index contributed by atoms with van der Waals surface area (Å²) in [4.78, 5) is 16.9. The summed E-state index contributed by atoms with van der Waals surface area (Å²) < 4.78 is 17.7. The van der Waals surface area contributed by atoms with E-state index in [4.69, 9.17) is 21.1 Å². The molecule has 1 saturated heterocycles. The van der Waals surface area contributed by atoms with E-state index < -0.39 is 8.07 Å². The summed E-state index contributed by atoms with van der Waals surface area (Å²) >= 11 is 7.00. The maximum atomic E-state index is 14.5. The van der Waals surface area contributed by atoms with Crippen LogP contribution in [0.15, 0.2) is 47.7 Å². The minimum atomic E-state index is -1.26. The van der Waals surface area contributed by atoms with Gasteiger partial charge in [0.1, 0.15) is 24.4 Å². The molecule has 11 heteroatoms. The number of nitrogens with zero attached hydrogens (tertiary/aromatic N) is 6. The van der Waals surface area contributed by atoms with Gasteiger partial charge in [-0.3, -0.25) is 14.3 Å². The number of piperidine rings is 1. The average molecular weight is 651 g/mol. The largest absolute Gasteiger partial charge is 0.381 e. The molecule has 1 aromatic carbocycles. The van der Waals surface area contributed by atoms with Crippen molar-refractivity contribution in [1.29, 1.82) is 0 Å². The highest BCUT2D eigenvalue weighted by Gasteiger charge is 2.50. The molecule has 0 unspecified atom stereocenters. The van der Waals surface area contributed by atoms with E-state index in [0.29, 0.717) is 29.8 Å². The molecule has 45 heavy (non-hydrogen) atoms. The molecule has 1 atom stereocenters. The van der Waals surface area contributed by atoms with Gasteiger partial charge in [0, 0.05) is 64.9 Å². The fourth-order valence-electron chi connectivity index (χ4n) is 7.14.